The van der Waals surface area contributed by atoms with Crippen LogP contribution in [0.4, 0.5) is 0 Å². The Morgan fingerprint density at radius 3 is 2.40 bits per heavy atom. The molecule has 0 rings (SSSR count). The molecule has 0 aliphatic rings. The third-order valence-electron chi connectivity index (χ3n) is 0.157. The maximum absolute atomic E-state index is 4.75. The van der Waals surface area contributed by atoms with Crippen LogP contribution in [-0.2, 0) is 4.76 Å². The fraction of sp³-hybridized carbons (Fsp3) is 0. The number of rotatable bonds is 1. The van der Waals surface area contributed by atoms with Crippen molar-refractivity contribution in [1.82, 2.24) is 0 Å². The first-order valence-corrected chi connectivity index (χ1v) is 1.14. The van der Waals surface area contributed by atoms with E-state index in [0.29, 0.717) is 0 Å². The van der Waals surface area contributed by atoms with Crippen LogP contribution in [0.2, 0.25) is 0 Å². The summed E-state index contributed by atoms with van der Waals surface area (Å²) in [6.45, 7) is 1.21. The van der Waals surface area contributed by atoms with E-state index in [0.717, 1.165) is 0 Å². The first-order chi connectivity index (χ1) is 2.41. The van der Waals surface area contributed by atoms with Crippen molar-refractivity contribution < 1.29 is 4.76 Å². The van der Waals surface area contributed by atoms with Gasteiger partial charge in [-0.25, -0.2) is 0 Å². The van der Waals surface area contributed by atoms with E-state index in [-0.39, 0.29) is 0 Å². The van der Waals surface area contributed by atoms with Crippen LogP contribution in [0.1, 0.15) is 0 Å². The third-order valence-corrected chi connectivity index (χ3v) is 0.157. The molecule has 5 heavy (non-hydrogen) atoms. The molecular weight excluding hydrogens is 62.4 g/mol. The van der Waals surface area contributed by atoms with E-state index in [1.54, 1.807) is 0 Å². The van der Waals surface area contributed by atoms with Gasteiger partial charge in [-0.3, -0.25) is 0 Å². The molecule has 0 aliphatic heterocycles. The van der Waals surface area contributed by atoms with Crippen molar-refractivity contribution in [3.63, 3.8) is 0 Å². The molecule has 2 nitrogen and oxygen atoms in total. The molecule has 2 N–H and O–H groups in total. The molecule has 0 bridgehead atoms. The summed E-state index contributed by atoms with van der Waals surface area (Å²) in [5.41, 5.74) is 0. The van der Waals surface area contributed by atoms with Crippen LogP contribution in [0.25, 0.3) is 0 Å². The minimum absolute atomic E-state index is 1.18. The average molecular weight is 64.5 g/mol. The second-order valence-corrected chi connectivity index (χ2v) is 0.465. The van der Waals surface area contributed by atoms with Crippen molar-refractivity contribution in [2.75, 3.05) is 0 Å². The first-order valence-electron chi connectivity index (χ1n) is 1.14. The second-order valence-electron chi connectivity index (χ2n) is 0.465. The summed E-state index contributed by atoms with van der Waals surface area (Å²) >= 11 is 0. The Balaban J connectivity index is 2.62. The van der Waals surface area contributed by atoms with Crippen molar-refractivity contribution in [1.29, 1.82) is 0 Å². The summed E-state index contributed by atoms with van der Waals surface area (Å²) < 4.78 is 3.89. The molecule has 0 aliphatic carbocycles. The Kier molecular flexibility index (Phi) is 3.92. The van der Waals surface area contributed by atoms with Gasteiger partial charge in [0.05, 0.1) is 0 Å². The van der Waals surface area contributed by atoms with Crippen molar-refractivity contribution in [2.24, 2.45) is 5.90 Å². The molecule has 0 amide bonds. The summed E-state index contributed by atoms with van der Waals surface area (Å²) in [6, 6.07) is 0. The van der Waals surface area contributed by atoms with E-state index in [4.69, 9.17) is 7.74 Å². The first kappa shape index (κ1) is 4.95. The zero-order valence-corrected chi connectivity index (χ0v) is 2.72. The van der Waals surface area contributed by atoms with Gasteiger partial charge in [-0.2, -0.15) is 0 Å². The zero-order valence-electron chi connectivity index (χ0n) is 2.72. The molecule has 0 aromatic rings. The van der Waals surface area contributed by atoms with Crippen LogP contribution in [0.5, 0.6) is 0 Å². The molecule has 0 saturated heterocycles. The van der Waals surface area contributed by atoms with Gasteiger partial charge in [0.25, 0.3) is 0 Å². The van der Waals surface area contributed by atoms with Crippen molar-refractivity contribution in [2.45, 2.75) is 0 Å². The van der Waals surface area contributed by atoms with Gasteiger partial charge >= 0.3 is 32.1 Å². The molecule has 2 radical (unpaired) electrons. The van der Waals surface area contributed by atoms with Gasteiger partial charge in [0.1, 0.15) is 0 Å². The summed E-state index contributed by atoms with van der Waals surface area (Å²) in [4.78, 5) is 0. The van der Waals surface area contributed by atoms with Crippen molar-refractivity contribution in [3.8, 4) is 0 Å². The molecule has 0 heterocycles. The topological polar surface area (TPSA) is 35.2 Å². The minimum atomic E-state index is 1.18. The molecule has 0 unspecified atom stereocenters. The number of nitrogens with two attached hydrogens (primary N) is 1. The van der Waals surface area contributed by atoms with E-state index < -0.39 is 0 Å². The van der Waals surface area contributed by atoms with Crippen LogP contribution in [0.3, 0.4) is 0 Å². The standard InChI is InChI=1S/B3H2NO/c1-2-3-5-4/h4H2. The van der Waals surface area contributed by atoms with Crippen LogP contribution < -0.4 is 5.90 Å². The second kappa shape index (κ2) is 3.95. The van der Waals surface area contributed by atoms with Gasteiger partial charge < -0.3 is 0 Å². The van der Waals surface area contributed by atoms with Gasteiger partial charge in [0, 0.05) is 0 Å². The van der Waals surface area contributed by atoms with Gasteiger partial charge in [0.15, 0.2) is 0 Å². The Morgan fingerprint density at radius 2 is 2.40 bits per heavy atom. The van der Waals surface area contributed by atoms with E-state index >= 15 is 0 Å². The molecule has 0 atom stereocenters. The Labute approximate surface area is 33.2 Å². The molecule has 0 aromatic heterocycles. The normalized spacial score (nSPS) is 5.80. The molecule has 0 spiro atoms. The fourth-order valence-corrected chi connectivity index (χ4v) is 0.0454. The Morgan fingerprint density at radius 1 is 1.80 bits per heavy atom. The van der Waals surface area contributed by atoms with Crippen LogP contribution in [0.15, 0.2) is 0 Å². The zero-order chi connectivity index (χ0) is 4.12. The quantitative estimate of drug-likeness (QED) is 0.288. The average Bonchev–Trinajstić information content (AvgIpc) is 1.41. The summed E-state index contributed by atoms with van der Waals surface area (Å²) in [7, 11) is 5.93. The van der Waals surface area contributed by atoms with Crippen molar-refractivity contribution in [3.05, 3.63) is 0 Å². The number of hydrogen-bond acceptors (Lipinski definition) is 2. The SMILES string of the molecule is [B]B=BON. The van der Waals surface area contributed by atoms with E-state index in [1.165, 1.54) is 13.7 Å². The van der Waals surface area contributed by atoms with Gasteiger partial charge in [-0.15, -0.1) is 0 Å². The summed E-state index contributed by atoms with van der Waals surface area (Å²) in [5, 5.41) is 0. The van der Waals surface area contributed by atoms with Gasteiger partial charge in [-0.05, 0) is 0 Å². The molecule has 5 heteroatoms. The van der Waals surface area contributed by atoms with Crippen LogP contribution in [-0.4, -0.2) is 21.4 Å². The molecule has 0 saturated carbocycles. The van der Waals surface area contributed by atoms with Gasteiger partial charge in [0.2, 0.25) is 0 Å². The van der Waals surface area contributed by atoms with E-state index in [2.05, 4.69) is 10.7 Å². The Bertz CT molecular complexity index is 33.9. The predicted octanol–water partition coefficient (Wildman–Crippen LogP) is -1.80. The third kappa shape index (κ3) is 3.95. The summed E-state index contributed by atoms with van der Waals surface area (Å²) in [6.07, 6.45) is 0. The molecule has 0 fully saturated rings. The monoisotopic (exact) mass is 65.0 g/mol. The van der Waals surface area contributed by atoms with E-state index in [1.807, 2.05) is 0 Å². The van der Waals surface area contributed by atoms with Crippen LogP contribution >= 0.6 is 0 Å². The fourth-order valence-electron chi connectivity index (χ4n) is 0.0454. The number of hydrogen-bond donors (Lipinski definition) is 1. The molecule has 22 valence electrons. The molecule has 0 aromatic carbocycles. The maximum atomic E-state index is 4.75. The molecular formula is H2B3NO. The summed E-state index contributed by atoms with van der Waals surface area (Å²) in [5.74, 6) is 4.47. The van der Waals surface area contributed by atoms with Gasteiger partial charge in [-0.1, -0.05) is 0 Å². The van der Waals surface area contributed by atoms with Crippen molar-refractivity contribution >= 4 is 21.4 Å². The Hall–Kier alpha value is -0.0452. The predicted molar refractivity (Wildman–Crippen MR) is 22.5 cm³/mol. The van der Waals surface area contributed by atoms with Crippen LogP contribution in [0, 0.1) is 0 Å². The van der Waals surface area contributed by atoms with E-state index in [9.17, 15) is 0 Å².